The number of H-pyrrole nitrogens is 1. The molecule has 1 aromatic heterocycles. The molecule has 0 atom stereocenters. The second kappa shape index (κ2) is 4.17. The number of amides is 1. The Labute approximate surface area is 98.9 Å². The van der Waals surface area contributed by atoms with Crippen LogP contribution >= 0.6 is 12.6 Å². The van der Waals surface area contributed by atoms with E-state index in [1.54, 1.807) is 0 Å². The zero-order valence-corrected chi connectivity index (χ0v) is 10.1. The van der Waals surface area contributed by atoms with Gasteiger partial charge in [-0.15, -0.1) is 0 Å². The van der Waals surface area contributed by atoms with Crippen molar-refractivity contribution in [2.75, 3.05) is 11.1 Å². The monoisotopic (exact) mass is 235 g/mol. The average Bonchev–Trinajstić information content (AvgIpc) is 2.60. The van der Waals surface area contributed by atoms with Crippen LogP contribution in [0.15, 0.2) is 12.1 Å². The number of thiol groups is 1. The van der Waals surface area contributed by atoms with E-state index in [2.05, 4.69) is 27.9 Å². The van der Waals surface area contributed by atoms with Crippen molar-refractivity contribution in [1.82, 2.24) is 9.97 Å². The largest absolute Gasteiger partial charge is 0.324 e. The smallest absolute Gasteiger partial charge is 0.236 e. The minimum absolute atomic E-state index is 0.148. The molecule has 1 heterocycles. The van der Waals surface area contributed by atoms with Crippen LogP contribution in [-0.4, -0.2) is 21.6 Å². The lowest BCUT2D eigenvalue weighted by molar-refractivity contribution is -0.113. The fourth-order valence-electron chi connectivity index (χ4n) is 1.50. The van der Waals surface area contributed by atoms with Gasteiger partial charge in [-0.3, -0.25) is 10.1 Å². The number of hydrogen-bond donors (Lipinski definition) is 3. The van der Waals surface area contributed by atoms with Gasteiger partial charge in [-0.05, 0) is 37.1 Å². The molecule has 2 rings (SSSR count). The van der Waals surface area contributed by atoms with E-state index in [1.165, 1.54) is 11.1 Å². The number of carbonyl (C=O) groups is 1. The SMILES string of the molecule is Cc1cc2nc(NC(=O)CS)[nH]c2cc1C. The lowest BCUT2D eigenvalue weighted by Gasteiger charge is -1.97. The summed E-state index contributed by atoms with van der Waals surface area (Å²) in [6.07, 6.45) is 0. The summed E-state index contributed by atoms with van der Waals surface area (Å²) in [5.74, 6) is 0.449. The summed E-state index contributed by atoms with van der Waals surface area (Å²) in [7, 11) is 0. The third-order valence-electron chi connectivity index (χ3n) is 2.50. The average molecular weight is 235 g/mol. The highest BCUT2D eigenvalue weighted by Crippen LogP contribution is 2.18. The maximum Gasteiger partial charge on any atom is 0.236 e. The number of nitrogens with one attached hydrogen (secondary N) is 2. The summed E-state index contributed by atoms with van der Waals surface area (Å²) in [4.78, 5) is 18.5. The van der Waals surface area contributed by atoms with Crippen LogP contribution in [-0.2, 0) is 4.79 Å². The molecule has 0 fully saturated rings. The van der Waals surface area contributed by atoms with Crippen LogP contribution in [0.5, 0.6) is 0 Å². The molecule has 2 aromatic rings. The predicted molar refractivity (Wildman–Crippen MR) is 68.1 cm³/mol. The lowest BCUT2D eigenvalue weighted by Crippen LogP contribution is -2.13. The first-order valence-corrected chi connectivity index (χ1v) is 5.61. The molecule has 0 unspecified atom stereocenters. The van der Waals surface area contributed by atoms with Crippen LogP contribution < -0.4 is 5.32 Å². The molecule has 2 N–H and O–H groups in total. The second-order valence-corrected chi connectivity index (χ2v) is 4.06. The number of nitrogens with zero attached hydrogens (tertiary/aromatic N) is 1. The quantitative estimate of drug-likeness (QED) is 0.698. The van der Waals surface area contributed by atoms with E-state index in [0.29, 0.717) is 5.95 Å². The summed E-state index contributed by atoms with van der Waals surface area (Å²) in [5.41, 5.74) is 4.17. The van der Waals surface area contributed by atoms with Crippen LogP contribution in [0.25, 0.3) is 11.0 Å². The van der Waals surface area contributed by atoms with Gasteiger partial charge in [0.15, 0.2) is 0 Å². The molecule has 0 aliphatic rings. The van der Waals surface area contributed by atoms with Gasteiger partial charge in [-0.25, -0.2) is 4.98 Å². The topological polar surface area (TPSA) is 57.8 Å². The molecule has 0 saturated heterocycles. The van der Waals surface area contributed by atoms with Crippen molar-refractivity contribution in [2.24, 2.45) is 0 Å². The third-order valence-corrected chi connectivity index (χ3v) is 2.79. The Kier molecular flexibility index (Phi) is 2.87. The molecule has 16 heavy (non-hydrogen) atoms. The summed E-state index contributed by atoms with van der Waals surface area (Å²) >= 11 is 3.89. The Bertz CT molecular complexity index is 508. The van der Waals surface area contributed by atoms with Crippen molar-refractivity contribution < 1.29 is 4.79 Å². The van der Waals surface area contributed by atoms with Crippen LogP contribution in [0.2, 0.25) is 0 Å². The summed E-state index contributed by atoms with van der Waals surface area (Å²) in [5, 5.41) is 2.64. The van der Waals surface area contributed by atoms with Gasteiger partial charge in [0, 0.05) is 0 Å². The number of anilines is 1. The highest BCUT2D eigenvalue weighted by Gasteiger charge is 2.06. The predicted octanol–water partition coefficient (Wildman–Crippen LogP) is 2.05. The van der Waals surface area contributed by atoms with Gasteiger partial charge in [0.2, 0.25) is 11.9 Å². The Morgan fingerprint density at radius 3 is 2.81 bits per heavy atom. The van der Waals surface area contributed by atoms with Gasteiger partial charge in [0.25, 0.3) is 0 Å². The molecule has 0 bridgehead atoms. The number of carbonyl (C=O) groups excluding carboxylic acids is 1. The Morgan fingerprint density at radius 1 is 1.44 bits per heavy atom. The molecule has 0 saturated carbocycles. The molecule has 5 heteroatoms. The van der Waals surface area contributed by atoms with E-state index in [1.807, 2.05) is 26.0 Å². The minimum atomic E-state index is -0.171. The number of rotatable bonds is 2. The normalized spacial score (nSPS) is 10.7. The van der Waals surface area contributed by atoms with Gasteiger partial charge < -0.3 is 4.98 Å². The second-order valence-electron chi connectivity index (χ2n) is 3.75. The molecule has 84 valence electrons. The summed E-state index contributed by atoms with van der Waals surface area (Å²) in [6.45, 7) is 4.08. The van der Waals surface area contributed by atoms with Crippen LogP contribution in [0, 0.1) is 13.8 Å². The zero-order chi connectivity index (χ0) is 11.7. The number of hydrogen-bond acceptors (Lipinski definition) is 3. The van der Waals surface area contributed by atoms with E-state index in [4.69, 9.17) is 0 Å². The van der Waals surface area contributed by atoms with Crippen molar-refractivity contribution in [1.29, 1.82) is 0 Å². The van der Waals surface area contributed by atoms with Crippen molar-refractivity contribution >= 4 is 35.5 Å². The minimum Gasteiger partial charge on any atom is -0.324 e. The number of fused-ring (bicyclic) bond motifs is 1. The van der Waals surface area contributed by atoms with Crippen LogP contribution in [0.3, 0.4) is 0 Å². The third kappa shape index (κ3) is 2.04. The van der Waals surface area contributed by atoms with Gasteiger partial charge >= 0.3 is 0 Å². The Balaban J connectivity index is 2.40. The highest BCUT2D eigenvalue weighted by molar-refractivity contribution is 7.81. The maximum absolute atomic E-state index is 11.1. The summed E-state index contributed by atoms with van der Waals surface area (Å²) in [6, 6.07) is 4.02. The molecule has 0 aliphatic heterocycles. The van der Waals surface area contributed by atoms with E-state index >= 15 is 0 Å². The van der Waals surface area contributed by atoms with Gasteiger partial charge in [0.05, 0.1) is 16.8 Å². The molecule has 0 aliphatic carbocycles. The standard InChI is InChI=1S/C11H13N3OS/c1-6-3-8-9(4-7(6)2)13-11(12-8)14-10(15)5-16/h3-4,16H,5H2,1-2H3,(H2,12,13,14,15). The van der Waals surface area contributed by atoms with E-state index in [-0.39, 0.29) is 11.7 Å². The number of imidazole rings is 1. The van der Waals surface area contributed by atoms with Crippen molar-refractivity contribution in [3.05, 3.63) is 23.3 Å². The number of aromatic amines is 1. The van der Waals surface area contributed by atoms with E-state index in [9.17, 15) is 4.79 Å². The van der Waals surface area contributed by atoms with E-state index < -0.39 is 0 Å². The summed E-state index contributed by atoms with van der Waals surface area (Å²) < 4.78 is 0. The fraction of sp³-hybridized carbons (Fsp3) is 0.273. The zero-order valence-electron chi connectivity index (χ0n) is 9.16. The number of benzene rings is 1. The fourth-order valence-corrected chi connectivity index (χ4v) is 1.58. The first-order chi connectivity index (χ1) is 7.60. The molecular formula is C11H13N3OS. The highest BCUT2D eigenvalue weighted by atomic mass is 32.1. The Morgan fingerprint density at radius 2 is 2.12 bits per heavy atom. The molecule has 1 amide bonds. The molecule has 0 radical (unpaired) electrons. The molecule has 4 nitrogen and oxygen atoms in total. The molecular weight excluding hydrogens is 222 g/mol. The Hall–Kier alpha value is -1.49. The van der Waals surface area contributed by atoms with Gasteiger partial charge in [-0.2, -0.15) is 12.6 Å². The number of aromatic nitrogens is 2. The van der Waals surface area contributed by atoms with Crippen LogP contribution in [0.4, 0.5) is 5.95 Å². The van der Waals surface area contributed by atoms with Gasteiger partial charge in [-0.1, -0.05) is 0 Å². The van der Waals surface area contributed by atoms with Crippen molar-refractivity contribution in [2.45, 2.75) is 13.8 Å². The van der Waals surface area contributed by atoms with Crippen molar-refractivity contribution in [3.8, 4) is 0 Å². The molecule has 0 spiro atoms. The van der Waals surface area contributed by atoms with E-state index in [0.717, 1.165) is 11.0 Å². The molecule has 1 aromatic carbocycles. The first-order valence-electron chi connectivity index (χ1n) is 4.98. The first kappa shape index (κ1) is 11.0. The lowest BCUT2D eigenvalue weighted by atomic mass is 10.1. The number of aryl methyl sites for hydroxylation is 2. The van der Waals surface area contributed by atoms with Crippen molar-refractivity contribution in [3.63, 3.8) is 0 Å². The van der Waals surface area contributed by atoms with Gasteiger partial charge in [0.1, 0.15) is 0 Å². The van der Waals surface area contributed by atoms with Crippen LogP contribution in [0.1, 0.15) is 11.1 Å². The maximum atomic E-state index is 11.1.